The molecule has 0 radical (unpaired) electrons. The Hall–Kier alpha value is -3.67. The fourth-order valence-corrected chi connectivity index (χ4v) is 6.93. The monoisotopic (exact) mass is 565 g/mol. The first-order chi connectivity index (χ1) is 18.9. The van der Waals surface area contributed by atoms with E-state index in [-0.39, 0.29) is 30.5 Å². The molecule has 2 amide bonds. The van der Waals surface area contributed by atoms with Crippen molar-refractivity contribution in [2.24, 2.45) is 5.92 Å². The zero-order valence-corrected chi connectivity index (χ0v) is 21.5. The van der Waals surface area contributed by atoms with Gasteiger partial charge >= 0.3 is 18.4 Å². The van der Waals surface area contributed by atoms with Gasteiger partial charge in [0.1, 0.15) is 12.2 Å². The van der Waals surface area contributed by atoms with Crippen molar-refractivity contribution in [2.75, 3.05) is 0 Å². The number of carboxylic acids is 1. The Bertz CT molecular complexity index is 1350. The lowest BCUT2D eigenvalue weighted by atomic mass is 9.78. The van der Waals surface area contributed by atoms with Crippen molar-refractivity contribution in [1.82, 2.24) is 9.38 Å². The minimum atomic E-state index is -5.11. The zero-order valence-electron chi connectivity index (χ0n) is 21.5. The Morgan fingerprint density at radius 2 is 1.77 bits per heavy atom. The summed E-state index contributed by atoms with van der Waals surface area (Å²) < 4.78 is 56.0. The predicted molar refractivity (Wildman–Crippen MR) is 134 cm³/mol. The quantitative estimate of drug-likeness (QED) is 0.309. The molecule has 2 N–H and O–H groups in total. The maximum Gasteiger partial charge on any atom is 0.573 e. The third kappa shape index (κ3) is 4.67. The highest BCUT2D eigenvalue weighted by molar-refractivity contribution is 5.88. The SMILES string of the molecule is O=C(O)CCC(=O)N(C1CC1)[C@@]12CCC[C@@H]1Cc1ccccc1[N@@+]2(Cc1ccc(OC(F)(F)F)c(F)c1)C(=O)O. The number of carboxylic acid groups (broad SMARTS) is 2. The van der Waals surface area contributed by atoms with Crippen LogP contribution in [0.1, 0.15) is 56.1 Å². The fraction of sp³-hybridized carbons (Fsp3) is 0.464. The van der Waals surface area contributed by atoms with E-state index in [0.717, 1.165) is 17.7 Å². The molecule has 214 valence electrons. The number of fused-ring (bicyclic) bond motifs is 2. The second-order valence-electron chi connectivity index (χ2n) is 10.8. The van der Waals surface area contributed by atoms with Crippen LogP contribution in [0.5, 0.6) is 5.75 Å². The van der Waals surface area contributed by atoms with Crippen LogP contribution in [0.3, 0.4) is 0 Å². The number of ether oxygens (including phenoxy) is 1. The Balaban J connectivity index is 1.69. The maximum atomic E-state index is 14.8. The van der Waals surface area contributed by atoms with Gasteiger partial charge in [-0.15, -0.1) is 13.2 Å². The number of carbonyl (C=O) groups excluding carboxylic acids is 1. The van der Waals surface area contributed by atoms with Gasteiger partial charge in [0, 0.05) is 42.0 Å². The van der Waals surface area contributed by atoms with Crippen LogP contribution in [-0.2, 0) is 22.6 Å². The number of benzene rings is 2. The molecular formula is C28H29F4N2O6+. The van der Waals surface area contributed by atoms with Crippen molar-refractivity contribution >= 4 is 23.7 Å². The van der Waals surface area contributed by atoms with Gasteiger partial charge in [-0.05, 0) is 50.3 Å². The van der Waals surface area contributed by atoms with Gasteiger partial charge in [0.2, 0.25) is 5.91 Å². The number of para-hydroxylation sites is 1. The number of amides is 2. The highest BCUT2D eigenvalue weighted by Crippen LogP contribution is 2.58. The zero-order chi connectivity index (χ0) is 28.9. The Morgan fingerprint density at radius 1 is 1.05 bits per heavy atom. The normalized spacial score (nSPS) is 25.6. The first-order valence-electron chi connectivity index (χ1n) is 13.2. The minimum Gasteiger partial charge on any atom is -0.481 e. The van der Waals surface area contributed by atoms with Gasteiger partial charge < -0.3 is 14.9 Å². The summed E-state index contributed by atoms with van der Waals surface area (Å²) in [6.07, 6.45) is -3.72. The molecule has 2 aromatic rings. The van der Waals surface area contributed by atoms with E-state index in [0.29, 0.717) is 44.2 Å². The number of nitrogens with zero attached hydrogens (tertiary/aromatic N) is 2. The van der Waals surface area contributed by atoms with E-state index in [1.165, 1.54) is 6.07 Å². The summed E-state index contributed by atoms with van der Waals surface area (Å²) in [5, 5.41) is 20.4. The maximum absolute atomic E-state index is 14.8. The van der Waals surface area contributed by atoms with Crippen LogP contribution in [0.25, 0.3) is 0 Å². The van der Waals surface area contributed by atoms with Crippen LogP contribution >= 0.6 is 0 Å². The summed E-state index contributed by atoms with van der Waals surface area (Å²) >= 11 is 0. The molecule has 0 spiro atoms. The first kappa shape index (κ1) is 27.9. The van der Waals surface area contributed by atoms with Crippen molar-refractivity contribution in [2.45, 2.75) is 76.0 Å². The molecular weight excluding hydrogens is 536 g/mol. The Morgan fingerprint density at radius 3 is 2.40 bits per heavy atom. The molecule has 0 bridgehead atoms. The molecule has 0 aromatic heterocycles. The number of hydrogen-bond acceptors (Lipinski definition) is 4. The van der Waals surface area contributed by atoms with Crippen LogP contribution in [0.4, 0.5) is 28.0 Å². The summed E-state index contributed by atoms with van der Waals surface area (Å²) in [6, 6.07) is 9.57. The van der Waals surface area contributed by atoms with Crippen LogP contribution in [0.2, 0.25) is 0 Å². The summed E-state index contributed by atoms with van der Waals surface area (Å²) in [4.78, 5) is 40.3. The van der Waals surface area contributed by atoms with Crippen LogP contribution in [-0.4, -0.2) is 51.1 Å². The van der Waals surface area contributed by atoms with E-state index in [1.807, 2.05) is 6.07 Å². The highest BCUT2D eigenvalue weighted by Gasteiger charge is 2.71. The van der Waals surface area contributed by atoms with Gasteiger partial charge in [-0.25, -0.2) is 4.39 Å². The summed E-state index contributed by atoms with van der Waals surface area (Å²) in [7, 11) is 0. The van der Waals surface area contributed by atoms with Crippen molar-refractivity contribution in [1.29, 1.82) is 0 Å². The number of alkyl halides is 3. The van der Waals surface area contributed by atoms with Crippen molar-refractivity contribution in [3.05, 3.63) is 59.4 Å². The highest BCUT2D eigenvalue weighted by atomic mass is 19.4. The molecule has 8 nitrogen and oxygen atoms in total. The topological polar surface area (TPSA) is 104 Å². The number of halogens is 4. The number of quaternary nitrogens is 1. The smallest absolute Gasteiger partial charge is 0.481 e. The Labute approximate surface area is 227 Å². The number of carbonyl (C=O) groups is 3. The molecule has 1 aliphatic heterocycles. The van der Waals surface area contributed by atoms with Crippen LogP contribution in [0.15, 0.2) is 42.5 Å². The molecule has 40 heavy (non-hydrogen) atoms. The second kappa shape index (κ2) is 10.1. The van der Waals surface area contributed by atoms with Gasteiger partial charge in [0.15, 0.2) is 17.2 Å². The van der Waals surface area contributed by atoms with E-state index in [9.17, 15) is 42.2 Å². The molecule has 2 saturated carbocycles. The first-order valence-corrected chi connectivity index (χ1v) is 13.2. The van der Waals surface area contributed by atoms with Crippen molar-refractivity contribution < 1.29 is 46.9 Å². The average molecular weight is 566 g/mol. The molecule has 3 aliphatic rings. The molecule has 12 heteroatoms. The fourth-order valence-electron chi connectivity index (χ4n) is 6.93. The molecule has 2 aromatic carbocycles. The molecule has 3 atom stereocenters. The minimum absolute atomic E-state index is 0.116. The summed E-state index contributed by atoms with van der Waals surface area (Å²) in [5.41, 5.74) is -0.00133. The molecule has 1 heterocycles. The third-order valence-corrected chi connectivity index (χ3v) is 8.40. The van der Waals surface area contributed by atoms with Gasteiger partial charge in [-0.2, -0.15) is 9.28 Å². The van der Waals surface area contributed by atoms with Gasteiger partial charge in [0.05, 0.1) is 6.42 Å². The van der Waals surface area contributed by atoms with Crippen molar-refractivity contribution in [3.63, 3.8) is 0 Å². The lowest BCUT2D eigenvalue weighted by Gasteiger charge is -2.57. The summed E-state index contributed by atoms with van der Waals surface area (Å²) in [6.45, 7) is -0.346. The summed E-state index contributed by atoms with van der Waals surface area (Å²) in [5.74, 6) is -4.20. The van der Waals surface area contributed by atoms with Gasteiger partial charge in [0.25, 0.3) is 0 Å². The van der Waals surface area contributed by atoms with E-state index >= 15 is 0 Å². The predicted octanol–water partition coefficient (Wildman–Crippen LogP) is 5.82. The molecule has 0 unspecified atom stereocenters. The van der Waals surface area contributed by atoms with Gasteiger partial charge in [-0.1, -0.05) is 18.2 Å². The average Bonchev–Trinajstić information content (AvgIpc) is 3.61. The van der Waals surface area contributed by atoms with Gasteiger partial charge in [-0.3, -0.25) is 14.5 Å². The van der Waals surface area contributed by atoms with E-state index in [2.05, 4.69) is 4.74 Å². The lowest BCUT2D eigenvalue weighted by Crippen LogP contribution is -2.79. The van der Waals surface area contributed by atoms with E-state index in [4.69, 9.17) is 0 Å². The lowest BCUT2D eigenvalue weighted by molar-refractivity contribution is -0.275. The number of aliphatic carboxylic acids is 1. The van der Waals surface area contributed by atoms with Crippen molar-refractivity contribution in [3.8, 4) is 5.75 Å². The van der Waals surface area contributed by atoms with Crippen LogP contribution < -0.4 is 9.22 Å². The third-order valence-electron chi connectivity index (χ3n) is 8.40. The van der Waals surface area contributed by atoms with E-state index < -0.39 is 52.5 Å². The van der Waals surface area contributed by atoms with Crippen LogP contribution in [0, 0.1) is 11.7 Å². The van der Waals surface area contributed by atoms with E-state index in [1.54, 1.807) is 23.1 Å². The molecule has 2 fully saturated rings. The Kier molecular flexibility index (Phi) is 7.01. The number of hydrogen-bond donors (Lipinski definition) is 2. The molecule has 5 rings (SSSR count). The second-order valence-corrected chi connectivity index (χ2v) is 10.8. The molecule has 0 saturated heterocycles. The number of rotatable bonds is 8. The largest absolute Gasteiger partial charge is 0.573 e. The molecule has 2 aliphatic carbocycles. The standard InChI is InChI=1S/C28H28F4N2O6/c29-21-14-17(7-10-23(21)40-28(30,31)32)16-34(26(38)39)22-6-2-1-4-18(22)15-19-5-3-13-27(19,34)33(20-8-9-20)24(35)11-12-25(36)37/h1-2,4,6-7,10,14,19-20H,3,5,8-9,11-13,15-16H2,(H-,36,37,38,39)/p+1/t19-,27-,34+/m1/s1.